The summed E-state index contributed by atoms with van der Waals surface area (Å²) in [6.07, 6.45) is 2.99. The van der Waals surface area contributed by atoms with Crippen LogP contribution in [0.3, 0.4) is 0 Å². The summed E-state index contributed by atoms with van der Waals surface area (Å²) >= 11 is 0.882. The van der Waals surface area contributed by atoms with E-state index in [1.54, 1.807) is 25.2 Å². The second-order valence-electron chi connectivity index (χ2n) is 3.04. The summed E-state index contributed by atoms with van der Waals surface area (Å²) in [4.78, 5) is 23.4. The van der Waals surface area contributed by atoms with Crippen molar-refractivity contribution in [2.45, 2.75) is 0 Å². The van der Waals surface area contributed by atoms with Gasteiger partial charge in [0, 0.05) is 32.4 Å². The maximum absolute atomic E-state index is 11.5. The zero-order valence-electron chi connectivity index (χ0n) is 8.34. The van der Waals surface area contributed by atoms with Gasteiger partial charge in [0.15, 0.2) is 5.78 Å². The molecule has 0 fully saturated rings. The maximum atomic E-state index is 11.5. The number of hydrogen-bond acceptors (Lipinski definition) is 5. The maximum Gasteiger partial charge on any atom is 0.324 e. The molecule has 0 saturated heterocycles. The molecule has 1 heterocycles. The van der Waals surface area contributed by atoms with Crippen LogP contribution < -0.4 is 0 Å². The van der Waals surface area contributed by atoms with Crippen LogP contribution in [-0.2, 0) is 0 Å². The minimum absolute atomic E-state index is 0.0170. The first-order valence-corrected chi connectivity index (χ1v) is 4.95. The Morgan fingerprint density at radius 1 is 1.53 bits per heavy atom. The summed E-state index contributed by atoms with van der Waals surface area (Å²) in [6, 6.07) is 2.80. The van der Waals surface area contributed by atoms with Crippen LogP contribution in [0.5, 0.6) is 0 Å². The van der Waals surface area contributed by atoms with Crippen molar-refractivity contribution in [1.82, 2.24) is 4.90 Å². The van der Waals surface area contributed by atoms with Gasteiger partial charge in [-0.25, -0.2) is 0 Å². The smallest absolute Gasteiger partial charge is 0.324 e. The van der Waals surface area contributed by atoms with Crippen molar-refractivity contribution in [3.05, 3.63) is 39.4 Å². The van der Waals surface area contributed by atoms with Gasteiger partial charge in [-0.1, -0.05) is 11.3 Å². The van der Waals surface area contributed by atoms with Crippen LogP contribution in [-0.4, -0.2) is 29.7 Å². The van der Waals surface area contributed by atoms with Crippen molar-refractivity contribution in [3.63, 3.8) is 0 Å². The Hall–Kier alpha value is -1.69. The highest BCUT2D eigenvalue weighted by atomic mass is 32.1. The molecular formula is C9H10N2O3S. The van der Waals surface area contributed by atoms with E-state index in [1.807, 2.05) is 0 Å². The zero-order valence-corrected chi connectivity index (χ0v) is 9.15. The van der Waals surface area contributed by atoms with E-state index in [-0.39, 0.29) is 10.8 Å². The second-order valence-corrected chi connectivity index (χ2v) is 4.10. The van der Waals surface area contributed by atoms with Gasteiger partial charge in [0.1, 0.15) is 0 Å². The minimum Gasteiger partial charge on any atom is -0.383 e. The van der Waals surface area contributed by atoms with E-state index in [1.165, 1.54) is 18.2 Å². The molecule has 80 valence electrons. The predicted molar refractivity (Wildman–Crippen MR) is 58.1 cm³/mol. The SMILES string of the molecule is CN(C)C=CC(=O)c1ccc([N+](=O)[O-])s1. The summed E-state index contributed by atoms with van der Waals surface area (Å²) < 4.78 is 0. The van der Waals surface area contributed by atoms with E-state index < -0.39 is 4.92 Å². The highest BCUT2D eigenvalue weighted by Gasteiger charge is 2.13. The van der Waals surface area contributed by atoms with Crippen LogP contribution in [0.15, 0.2) is 24.4 Å². The van der Waals surface area contributed by atoms with Crippen molar-refractivity contribution in [2.75, 3.05) is 14.1 Å². The number of ketones is 1. The van der Waals surface area contributed by atoms with Gasteiger partial charge < -0.3 is 4.90 Å². The van der Waals surface area contributed by atoms with Gasteiger partial charge in [-0.05, 0) is 6.07 Å². The Morgan fingerprint density at radius 2 is 2.20 bits per heavy atom. The molecule has 0 atom stereocenters. The van der Waals surface area contributed by atoms with Crippen molar-refractivity contribution in [1.29, 1.82) is 0 Å². The van der Waals surface area contributed by atoms with E-state index in [2.05, 4.69) is 0 Å². The van der Waals surface area contributed by atoms with Crippen molar-refractivity contribution in [3.8, 4) is 0 Å². The monoisotopic (exact) mass is 226 g/mol. The molecule has 1 aromatic rings. The molecule has 0 radical (unpaired) electrons. The molecule has 0 saturated carbocycles. The van der Waals surface area contributed by atoms with Gasteiger partial charge in [0.2, 0.25) is 0 Å². The highest BCUT2D eigenvalue weighted by Crippen LogP contribution is 2.24. The standard InChI is InChI=1S/C9H10N2O3S/c1-10(2)6-5-7(12)8-3-4-9(15-8)11(13)14/h3-6H,1-2H3. The lowest BCUT2D eigenvalue weighted by molar-refractivity contribution is -0.380. The number of rotatable bonds is 4. The molecule has 6 heteroatoms. The lowest BCUT2D eigenvalue weighted by Gasteiger charge is -2.01. The van der Waals surface area contributed by atoms with E-state index in [0.717, 1.165) is 11.3 Å². The first-order valence-electron chi connectivity index (χ1n) is 4.14. The summed E-state index contributed by atoms with van der Waals surface area (Å²) in [7, 11) is 3.58. The van der Waals surface area contributed by atoms with E-state index >= 15 is 0 Å². The van der Waals surface area contributed by atoms with Gasteiger partial charge >= 0.3 is 5.00 Å². The molecule has 0 amide bonds. The van der Waals surface area contributed by atoms with Gasteiger partial charge in [-0.3, -0.25) is 14.9 Å². The van der Waals surface area contributed by atoms with E-state index in [9.17, 15) is 14.9 Å². The molecule has 1 rings (SSSR count). The number of thiophene rings is 1. The van der Waals surface area contributed by atoms with Crippen LogP contribution in [0.1, 0.15) is 9.67 Å². The molecule has 0 spiro atoms. The van der Waals surface area contributed by atoms with E-state index in [4.69, 9.17) is 0 Å². The second kappa shape index (κ2) is 4.70. The third kappa shape index (κ3) is 3.17. The Morgan fingerprint density at radius 3 is 2.67 bits per heavy atom. The van der Waals surface area contributed by atoms with Crippen LogP contribution in [0.2, 0.25) is 0 Å². The van der Waals surface area contributed by atoms with Crippen LogP contribution in [0.25, 0.3) is 0 Å². The Labute approximate surface area is 90.8 Å². The number of nitro groups is 1. The molecule has 1 aromatic heterocycles. The molecule has 0 aliphatic rings. The average molecular weight is 226 g/mol. The summed E-state index contributed by atoms with van der Waals surface area (Å²) in [5.41, 5.74) is 0. The molecule has 0 aliphatic heterocycles. The lowest BCUT2D eigenvalue weighted by atomic mass is 10.3. The number of carbonyl (C=O) groups excluding carboxylic acids is 1. The van der Waals surface area contributed by atoms with Crippen molar-refractivity contribution >= 4 is 22.1 Å². The zero-order chi connectivity index (χ0) is 11.4. The van der Waals surface area contributed by atoms with Crippen molar-refractivity contribution in [2.24, 2.45) is 0 Å². The fraction of sp³-hybridized carbons (Fsp3) is 0.222. The molecular weight excluding hydrogens is 216 g/mol. The normalized spacial score (nSPS) is 10.5. The Bertz CT molecular complexity index is 409. The molecule has 0 aromatic carbocycles. The van der Waals surface area contributed by atoms with E-state index in [0.29, 0.717) is 4.88 Å². The lowest BCUT2D eigenvalue weighted by Crippen LogP contribution is -2.02. The predicted octanol–water partition coefficient (Wildman–Crippen LogP) is 1.91. The quantitative estimate of drug-likeness (QED) is 0.340. The topological polar surface area (TPSA) is 63.5 Å². The Kier molecular flexibility index (Phi) is 3.56. The molecule has 15 heavy (non-hydrogen) atoms. The largest absolute Gasteiger partial charge is 0.383 e. The minimum atomic E-state index is -0.503. The molecule has 5 nitrogen and oxygen atoms in total. The fourth-order valence-corrected chi connectivity index (χ4v) is 1.60. The van der Waals surface area contributed by atoms with Gasteiger partial charge in [-0.2, -0.15) is 0 Å². The first kappa shape index (κ1) is 11.4. The first-order chi connectivity index (χ1) is 7.00. The van der Waals surface area contributed by atoms with Crippen LogP contribution >= 0.6 is 11.3 Å². The average Bonchev–Trinajstić information content (AvgIpc) is 2.62. The fourth-order valence-electron chi connectivity index (χ4n) is 0.857. The summed E-state index contributed by atoms with van der Waals surface area (Å²) in [5, 5.41) is 10.4. The van der Waals surface area contributed by atoms with Gasteiger partial charge in [0.05, 0.1) is 9.80 Å². The van der Waals surface area contributed by atoms with Crippen LogP contribution in [0, 0.1) is 10.1 Å². The molecule has 0 unspecified atom stereocenters. The molecule has 0 N–H and O–H groups in total. The summed E-state index contributed by atoms with van der Waals surface area (Å²) in [6.45, 7) is 0. The molecule has 0 aliphatic carbocycles. The van der Waals surface area contributed by atoms with Crippen LogP contribution in [0.4, 0.5) is 5.00 Å². The molecule has 0 bridgehead atoms. The number of carbonyl (C=O) groups is 1. The van der Waals surface area contributed by atoms with Gasteiger partial charge in [0.25, 0.3) is 0 Å². The number of hydrogen-bond donors (Lipinski definition) is 0. The Balaban J connectivity index is 2.79. The number of nitrogens with zero attached hydrogens (tertiary/aromatic N) is 2. The summed E-state index contributed by atoms with van der Waals surface area (Å²) in [5.74, 6) is -0.221. The van der Waals surface area contributed by atoms with Crippen molar-refractivity contribution < 1.29 is 9.72 Å². The van der Waals surface area contributed by atoms with Gasteiger partial charge in [-0.15, -0.1) is 0 Å². The number of allylic oxidation sites excluding steroid dienone is 1. The third-order valence-electron chi connectivity index (χ3n) is 1.54. The third-order valence-corrected chi connectivity index (χ3v) is 2.59. The highest BCUT2D eigenvalue weighted by molar-refractivity contribution is 7.17.